The lowest BCUT2D eigenvalue weighted by atomic mass is 9.81. The Labute approximate surface area is 194 Å². The molecule has 6 atom stereocenters. The lowest BCUT2D eigenvalue weighted by Crippen LogP contribution is -2.48. The minimum atomic E-state index is -0.548. The van der Waals surface area contributed by atoms with Crippen LogP contribution in [-0.4, -0.2) is 37.2 Å². The highest BCUT2D eigenvalue weighted by Crippen LogP contribution is 2.34. The second-order valence-corrected chi connectivity index (χ2v) is 9.69. The van der Waals surface area contributed by atoms with Crippen molar-refractivity contribution in [1.29, 1.82) is 0 Å². The van der Waals surface area contributed by atoms with E-state index >= 15 is 0 Å². The lowest BCUT2D eigenvalue weighted by Gasteiger charge is -2.43. The van der Waals surface area contributed by atoms with Gasteiger partial charge < -0.3 is 18.9 Å². The minimum Gasteiger partial charge on any atom is -0.463 e. The van der Waals surface area contributed by atoms with Crippen LogP contribution >= 0.6 is 0 Å². The van der Waals surface area contributed by atoms with Crippen LogP contribution in [0.15, 0.2) is 42.5 Å². The molecule has 5 heteroatoms. The van der Waals surface area contributed by atoms with Gasteiger partial charge in [-0.25, -0.2) is 4.79 Å². The molecule has 1 aliphatic heterocycles. The third-order valence-electron chi connectivity index (χ3n) is 6.17. The molecule has 0 bridgehead atoms. The van der Waals surface area contributed by atoms with Gasteiger partial charge in [-0.15, -0.1) is 0 Å². The monoisotopic (exact) mass is 446 g/mol. The number of carbonyl (C=O) groups excluding carboxylic acids is 1. The fraction of sp³-hybridized carbons (Fsp3) is 0.667. The van der Waals surface area contributed by atoms with E-state index in [4.69, 9.17) is 18.9 Å². The molecule has 32 heavy (non-hydrogen) atoms. The third kappa shape index (κ3) is 8.34. The van der Waals surface area contributed by atoms with Gasteiger partial charge in [-0.1, -0.05) is 64.1 Å². The topological polar surface area (TPSA) is 54.0 Å². The molecule has 1 aromatic carbocycles. The second-order valence-electron chi connectivity index (χ2n) is 9.69. The zero-order chi connectivity index (χ0) is 23.7. The van der Waals surface area contributed by atoms with Crippen LogP contribution in [0.25, 0.3) is 0 Å². The summed E-state index contributed by atoms with van der Waals surface area (Å²) < 4.78 is 23.6. The normalized spacial score (nSPS) is 24.6. The average molecular weight is 447 g/mol. The van der Waals surface area contributed by atoms with Gasteiger partial charge in [0.15, 0.2) is 5.79 Å². The molecule has 2 rings (SSSR count). The van der Waals surface area contributed by atoms with Crippen molar-refractivity contribution < 1.29 is 23.7 Å². The van der Waals surface area contributed by atoms with Crippen molar-refractivity contribution in [2.75, 3.05) is 13.2 Å². The summed E-state index contributed by atoms with van der Waals surface area (Å²) in [5.41, 5.74) is 1.14. The first kappa shape index (κ1) is 26.6. The molecule has 1 aliphatic rings. The highest BCUT2D eigenvalue weighted by atomic mass is 16.7. The highest BCUT2D eigenvalue weighted by Gasteiger charge is 2.38. The summed E-state index contributed by atoms with van der Waals surface area (Å²) in [7, 11) is 0. The number of ether oxygens (including phenoxy) is 4. The molecule has 1 fully saturated rings. The maximum atomic E-state index is 11.8. The molecule has 0 aliphatic carbocycles. The SMILES string of the molecule is CCOC(=O)/C=C/[C@@H](C)[C@H](OCc1ccccc1)[C@H](C)C[C@@H](C)[C@@H]1OC(C)(C)OC[C@H]1C. The predicted molar refractivity (Wildman–Crippen MR) is 127 cm³/mol. The first-order valence-electron chi connectivity index (χ1n) is 11.9. The quantitative estimate of drug-likeness (QED) is 0.319. The fourth-order valence-corrected chi connectivity index (χ4v) is 4.57. The van der Waals surface area contributed by atoms with E-state index < -0.39 is 5.79 Å². The standard InChI is InChI=1S/C27H42O5/c1-8-29-24(28)15-14-19(2)25(30-18-23-12-10-9-11-13-23)20(3)16-21(4)26-22(5)17-31-27(6,7)32-26/h9-15,19-22,25-26H,8,16-18H2,1-7H3/b15-14+/t19-,20-,21-,22-,25+,26+/m1/s1. The summed E-state index contributed by atoms with van der Waals surface area (Å²) in [6, 6.07) is 10.2. The van der Waals surface area contributed by atoms with Crippen molar-refractivity contribution in [1.82, 2.24) is 0 Å². The van der Waals surface area contributed by atoms with Crippen LogP contribution in [0.4, 0.5) is 0 Å². The Kier molecular flexibility index (Phi) is 10.4. The van der Waals surface area contributed by atoms with Crippen molar-refractivity contribution in [2.24, 2.45) is 23.7 Å². The van der Waals surface area contributed by atoms with Crippen LogP contribution in [0.3, 0.4) is 0 Å². The Morgan fingerprint density at radius 1 is 1.22 bits per heavy atom. The summed E-state index contributed by atoms with van der Waals surface area (Å²) in [4.78, 5) is 11.8. The van der Waals surface area contributed by atoms with Crippen molar-refractivity contribution in [3.8, 4) is 0 Å². The van der Waals surface area contributed by atoms with E-state index in [1.54, 1.807) is 0 Å². The number of hydrogen-bond acceptors (Lipinski definition) is 5. The van der Waals surface area contributed by atoms with Crippen molar-refractivity contribution >= 4 is 5.97 Å². The zero-order valence-corrected chi connectivity index (χ0v) is 20.9. The molecule has 0 spiro atoms. The number of esters is 1. The van der Waals surface area contributed by atoms with Gasteiger partial charge in [-0.2, -0.15) is 0 Å². The molecule has 0 amide bonds. The Balaban J connectivity index is 2.09. The van der Waals surface area contributed by atoms with Crippen molar-refractivity contribution in [2.45, 2.75) is 79.5 Å². The molecule has 0 radical (unpaired) electrons. The van der Waals surface area contributed by atoms with Gasteiger partial charge in [-0.3, -0.25) is 0 Å². The maximum Gasteiger partial charge on any atom is 0.330 e. The van der Waals surface area contributed by atoms with Gasteiger partial charge in [0.2, 0.25) is 0 Å². The van der Waals surface area contributed by atoms with E-state index in [9.17, 15) is 4.79 Å². The molecule has 1 aromatic rings. The van der Waals surface area contributed by atoms with E-state index in [2.05, 4.69) is 39.8 Å². The number of benzene rings is 1. The van der Waals surface area contributed by atoms with Crippen molar-refractivity contribution in [3.63, 3.8) is 0 Å². The molecule has 1 saturated heterocycles. The minimum absolute atomic E-state index is 0.0357. The average Bonchev–Trinajstić information content (AvgIpc) is 2.75. The summed E-state index contributed by atoms with van der Waals surface area (Å²) in [6.45, 7) is 16.2. The van der Waals surface area contributed by atoms with E-state index in [0.29, 0.717) is 31.7 Å². The van der Waals surface area contributed by atoms with Gasteiger partial charge in [0, 0.05) is 17.9 Å². The van der Waals surface area contributed by atoms with Crippen molar-refractivity contribution in [3.05, 3.63) is 48.0 Å². The molecule has 0 aromatic heterocycles. The Hall–Kier alpha value is -1.69. The van der Waals surface area contributed by atoms with Crippen LogP contribution in [0.1, 0.15) is 60.5 Å². The molecule has 0 saturated carbocycles. The molecule has 1 heterocycles. The van der Waals surface area contributed by atoms with E-state index in [-0.39, 0.29) is 30.0 Å². The van der Waals surface area contributed by atoms with E-state index in [1.807, 2.05) is 45.0 Å². The first-order valence-corrected chi connectivity index (χ1v) is 11.9. The summed E-state index contributed by atoms with van der Waals surface area (Å²) in [5.74, 6) is 0.177. The van der Waals surface area contributed by atoms with Gasteiger partial charge in [0.25, 0.3) is 0 Å². The largest absolute Gasteiger partial charge is 0.463 e. The Morgan fingerprint density at radius 2 is 1.91 bits per heavy atom. The van der Waals surface area contributed by atoms with Crippen LogP contribution in [0, 0.1) is 23.7 Å². The number of hydrogen-bond donors (Lipinski definition) is 0. The second kappa shape index (κ2) is 12.5. The molecule has 5 nitrogen and oxygen atoms in total. The van der Waals surface area contributed by atoms with E-state index in [0.717, 1.165) is 12.0 Å². The lowest BCUT2D eigenvalue weighted by molar-refractivity contribution is -0.300. The number of rotatable bonds is 11. The Morgan fingerprint density at radius 3 is 2.56 bits per heavy atom. The highest BCUT2D eigenvalue weighted by molar-refractivity contribution is 5.81. The van der Waals surface area contributed by atoms with Crippen LogP contribution in [0.2, 0.25) is 0 Å². The smallest absolute Gasteiger partial charge is 0.330 e. The first-order chi connectivity index (χ1) is 15.1. The Bertz CT molecular complexity index is 714. The third-order valence-corrected chi connectivity index (χ3v) is 6.17. The predicted octanol–water partition coefficient (Wildman–Crippen LogP) is 5.78. The van der Waals surface area contributed by atoms with Crippen LogP contribution < -0.4 is 0 Å². The molecule has 180 valence electrons. The molecule has 0 unspecified atom stereocenters. The number of carbonyl (C=O) groups is 1. The van der Waals surface area contributed by atoms with E-state index in [1.165, 1.54) is 6.08 Å². The summed E-state index contributed by atoms with van der Waals surface area (Å²) in [5, 5.41) is 0. The van der Waals surface area contributed by atoms with Gasteiger partial charge in [0.1, 0.15) is 0 Å². The van der Waals surface area contributed by atoms with Gasteiger partial charge in [0.05, 0.1) is 32.0 Å². The summed E-state index contributed by atoms with van der Waals surface area (Å²) in [6.07, 6.45) is 4.50. The molecule has 0 N–H and O–H groups in total. The van der Waals surface area contributed by atoms with Crippen LogP contribution in [-0.2, 0) is 30.3 Å². The van der Waals surface area contributed by atoms with Gasteiger partial charge >= 0.3 is 5.97 Å². The zero-order valence-electron chi connectivity index (χ0n) is 20.9. The van der Waals surface area contributed by atoms with Gasteiger partial charge in [-0.05, 0) is 44.6 Å². The fourth-order valence-electron chi connectivity index (χ4n) is 4.57. The summed E-state index contributed by atoms with van der Waals surface area (Å²) >= 11 is 0. The molecular formula is C27H42O5. The molecular weight excluding hydrogens is 404 g/mol. The van der Waals surface area contributed by atoms with Crippen LogP contribution in [0.5, 0.6) is 0 Å². The maximum absolute atomic E-state index is 11.8.